The Morgan fingerprint density at radius 3 is 2.67 bits per heavy atom. The molecule has 0 aliphatic carbocycles. The zero-order valence-corrected chi connectivity index (χ0v) is 19.0. The van der Waals surface area contributed by atoms with Crippen LogP contribution in [0.5, 0.6) is 0 Å². The molecule has 0 N–H and O–H groups in total. The predicted octanol–water partition coefficient (Wildman–Crippen LogP) is 2.24. The van der Waals surface area contributed by atoms with Crippen molar-refractivity contribution in [3.63, 3.8) is 0 Å². The number of carbonyl (C=O) groups excluding carboxylic acids is 3. The van der Waals surface area contributed by atoms with Gasteiger partial charge in [0.15, 0.2) is 0 Å². The molecule has 2 atom stereocenters. The topological polar surface area (TPSA) is 73.8 Å². The maximum absolute atomic E-state index is 13.4. The second-order valence-electron chi connectivity index (χ2n) is 8.83. The summed E-state index contributed by atoms with van der Waals surface area (Å²) in [5.74, 6) is -0.720. The lowest BCUT2D eigenvalue weighted by atomic mass is 9.91. The lowest BCUT2D eigenvalue weighted by molar-refractivity contribution is -0.137. The van der Waals surface area contributed by atoms with Crippen LogP contribution in [0, 0.1) is 11.8 Å². The average Bonchev–Trinajstić information content (AvgIpc) is 3.09. The van der Waals surface area contributed by atoms with Crippen LogP contribution in [-0.4, -0.2) is 77.2 Å². The number of pyridine rings is 1. The molecule has 2 aliphatic heterocycles. The summed E-state index contributed by atoms with van der Waals surface area (Å²) in [7, 11) is 1.73. The third kappa shape index (κ3) is 4.97. The molecule has 0 spiro atoms. The molecule has 172 valence electrons. The van der Waals surface area contributed by atoms with Crippen LogP contribution in [0.1, 0.15) is 12.0 Å². The minimum absolute atomic E-state index is 0.00511. The number of amides is 3. The van der Waals surface area contributed by atoms with Gasteiger partial charge in [-0.25, -0.2) is 0 Å². The predicted molar refractivity (Wildman–Crippen MR) is 126 cm³/mol. The second kappa shape index (κ2) is 9.98. The van der Waals surface area contributed by atoms with Crippen molar-refractivity contribution in [3.05, 3.63) is 67.0 Å². The molecule has 7 heteroatoms. The summed E-state index contributed by atoms with van der Waals surface area (Å²) >= 11 is 0. The zero-order chi connectivity index (χ0) is 23.4. The lowest BCUT2D eigenvalue weighted by Crippen LogP contribution is -2.41. The molecule has 1 aromatic heterocycles. The van der Waals surface area contributed by atoms with Crippen LogP contribution in [0.2, 0.25) is 0 Å². The van der Waals surface area contributed by atoms with E-state index in [0.717, 1.165) is 16.7 Å². The fourth-order valence-corrected chi connectivity index (χ4v) is 4.79. The fourth-order valence-electron chi connectivity index (χ4n) is 4.79. The van der Waals surface area contributed by atoms with Crippen LogP contribution in [-0.2, 0) is 20.8 Å². The maximum Gasteiger partial charge on any atom is 0.228 e. The Morgan fingerprint density at radius 2 is 1.97 bits per heavy atom. The minimum atomic E-state index is -0.371. The molecule has 3 amide bonds. The van der Waals surface area contributed by atoms with Crippen LogP contribution >= 0.6 is 0 Å². The summed E-state index contributed by atoms with van der Waals surface area (Å²) in [4.78, 5) is 48.1. The standard InChI is InChI=1S/C26H30N4O3/c1-3-11-29-12-13-30(26(33)22-15-24(31)28(2)17-22)18-21(25(29)32)14-19-7-4-5-9-23(19)20-8-6-10-27-16-20/h3-10,16,21-22H,1,11-15,17-18H2,2H3/t21-,22-/m0/s1. The van der Waals surface area contributed by atoms with E-state index in [1.54, 1.807) is 34.0 Å². The summed E-state index contributed by atoms with van der Waals surface area (Å²) < 4.78 is 0. The summed E-state index contributed by atoms with van der Waals surface area (Å²) in [6.45, 7) is 5.96. The first-order valence-corrected chi connectivity index (χ1v) is 11.4. The number of benzene rings is 1. The highest BCUT2D eigenvalue weighted by Crippen LogP contribution is 2.28. The Hall–Kier alpha value is -3.48. The number of hydrogen-bond donors (Lipinski definition) is 0. The molecule has 1 aromatic carbocycles. The maximum atomic E-state index is 13.4. The van der Waals surface area contributed by atoms with Crippen LogP contribution in [0.25, 0.3) is 11.1 Å². The van der Waals surface area contributed by atoms with Gasteiger partial charge in [-0.2, -0.15) is 0 Å². The van der Waals surface area contributed by atoms with E-state index in [-0.39, 0.29) is 36.0 Å². The number of nitrogens with zero attached hydrogens (tertiary/aromatic N) is 4. The van der Waals surface area contributed by atoms with Crippen LogP contribution in [0.4, 0.5) is 0 Å². The Kier molecular flexibility index (Phi) is 6.87. The summed E-state index contributed by atoms with van der Waals surface area (Å²) in [5, 5.41) is 0. The van der Waals surface area contributed by atoms with Crippen molar-refractivity contribution >= 4 is 17.7 Å². The first-order chi connectivity index (χ1) is 16.0. The van der Waals surface area contributed by atoms with E-state index in [2.05, 4.69) is 11.6 Å². The molecule has 2 fully saturated rings. The van der Waals surface area contributed by atoms with Crippen molar-refractivity contribution in [2.24, 2.45) is 11.8 Å². The van der Waals surface area contributed by atoms with Gasteiger partial charge in [0, 0.05) is 64.1 Å². The molecule has 0 unspecified atom stereocenters. The molecule has 0 radical (unpaired) electrons. The molecule has 0 bridgehead atoms. The van der Waals surface area contributed by atoms with Gasteiger partial charge in [0.05, 0.1) is 11.8 Å². The van der Waals surface area contributed by atoms with Gasteiger partial charge in [0.1, 0.15) is 0 Å². The summed E-state index contributed by atoms with van der Waals surface area (Å²) in [6, 6.07) is 11.9. The second-order valence-corrected chi connectivity index (χ2v) is 8.83. The molecule has 2 saturated heterocycles. The number of likely N-dealkylation sites (tertiary alicyclic amines) is 1. The van der Waals surface area contributed by atoms with E-state index in [9.17, 15) is 14.4 Å². The van der Waals surface area contributed by atoms with E-state index < -0.39 is 0 Å². The normalized spacial score (nSPS) is 21.3. The Labute approximate surface area is 194 Å². The molecule has 2 aliphatic rings. The zero-order valence-electron chi connectivity index (χ0n) is 19.0. The monoisotopic (exact) mass is 446 g/mol. The van der Waals surface area contributed by atoms with Crippen molar-refractivity contribution in [3.8, 4) is 11.1 Å². The minimum Gasteiger partial charge on any atom is -0.345 e. The van der Waals surface area contributed by atoms with E-state index in [1.807, 2.05) is 42.6 Å². The summed E-state index contributed by atoms with van der Waals surface area (Å²) in [5.41, 5.74) is 3.09. The fraction of sp³-hybridized carbons (Fsp3) is 0.385. The number of aromatic nitrogens is 1. The van der Waals surface area contributed by atoms with Crippen molar-refractivity contribution in [1.82, 2.24) is 19.7 Å². The first kappa shape index (κ1) is 22.7. The van der Waals surface area contributed by atoms with Crippen LogP contribution < -0.4 is 0 Å². The van der Waals surface area contributed by atoms with E-state index in [4.69, 9.17) is 0 Å². The molecule has 33 heavy (non-hydrogen) atoms. The van der Waals surface area contributed by atoms with Crippen molar-refractivity contribution in [2.75, 3.05) is 39.8 Å². The Bertz CT molecular complexity index is 1040. The smallest absolute Gasteiger partial charge is 0.228 e. The SMILES string of the molecule is C=CCN1CCN(C(=O)[C@H]2CC(=O)N(C)C2)C[C@H](Cc2ccccc2-c2cccnc2)C1=O. The van der Waals surface area contributed by atoms with Gasteiger partial charge in [-0.05, 0) is 23.6 Å². The van der Waals surface area contributed by atoms with Crippen LogP contribution in [0.15, 0.2) is 61.4 Å². The lowest BCUT2D eigenvalue weighted by Gasteiger charge is -2.26. The Morgan fingerprint density at radius 1 is 1.15 bits per heavy atom. The van der Waals surface area contributed by atoms with Gasteiger partial charge in [0.25, 0.3) is 0 Å². The first-order valence-electron chi connectivity index (χ1n) is 11.4. The van der Waals surface area contributed by atoms with Gasteiger partial charge < -0.3 is 14.7 Å². The van der Waals surface area contributed by atoms with Crippen molar-refractivity contribution in [2.45, 2.75) is 12.8 Å². The highest BCUT2D eigenvalue weighted by Gasteiger charge is 2.38. The van der Waals surface area contributed by atoms with Crippen molar-refractivity contribution in [1.29, 1.82) is 0 Å². The molecule has 3 heterocycles. The molecule has 0 saturated carbocycles. The van der Waals surface area contributed by atoms with Gasteiger partial charge in [-0.3, -0.25) is 19.4 Å². The van der Waals surface area contributed by atoms with Gasteiger partial charge in [0.2, 0.25) is 17.7 Å². The number of carbonyl (C=O) groups is 3. The number of rotatable bonds is 6. The molecule has 7 nitrogen and oxygen atoms in total. The van der Waals surface area contributed by atoms with E-state index in [1.165, 1.54) is 0 Å². The van der Waals surface area contributed by atoms with Gasteiger partial charge in [-0.1, -0.05) is 36.4 Å². The van der Waals surface area contributed by atoms with Crippen LogP contribution in [0.3, 0.4) is 0 Å². The summed E-state index contributed by atoms with van der Waals surface area (Å²) in [6.07, 6.45) is 6.04. The third-order valence-electron chi connectivity index (χ3n) is 6.55. The third-order valence-corrected chi connectivity index (χ3v) is 6.55. The molecular formula is C26H30N4O3. The van der Waals surface area contributed by atoms with Gasteiger partial charge in [-0.15, -0.1) is 6.58 Å². The largest absolute Gasteiger partial charge is 0.345 e. The van der Waals surface area contributed by atoms with E-state index >= 15 is 0 Å². The van der Waals surface area contributed by atoms with E-state index in [0.29, 0.717) is 39.1 Å². The quantitative estimate of drug-likeness (QED) is 0.638. The molecule has 2 aromatic rings. The highest BCUT2D eigenvalue weighted by atomic mass is 16.2. The Balaban J connectivity index is 1.60. The highest BCUT2D eigenvalue weighted by molar-refractivity contribution is 5.90. The van der Waals surface area contributed by atoms with Crippen molar-refractivity contribution < 1.29 is 14.4 Å². The van der Waals surface area contributed by atoms with Gasteiger partial charge >= 0.3 is 0 Å². The average molecular weight is 447 g/mol. The number of hydrogen-bond acceptors (Lipinski definition) is 4. The molecule has 4 rings (SSSR count). The molecular weight excluding hydrogens is 416 g/mol.